The quantitative estimate of drug-likeness (QED) is 0.560. The van der Waals surface area contributed by atoms with Crippen molar-refractivity contribution in [3.63, 3.8) is 0 Å². The molecule has 0 aromatic heterocycles. The molecule has 1 aromatic carbocycles. The van der Waals surface area contributed by atoms with E-state index in [0.717, 1.165) is 0 Å². The number of allylic oxidation sites excluding steroid dienone is 2. The molecule has 0 unspecified atom stereocenters. The predicted octanol–water partition coefficient (Wildman–Crippen LogP) is 4.57. The lowest BCUT2D eigenvalue weighted by Gasteiger charge is -2.13. The molecule has 2 heteroatoms. The van der Waals surface area contributed by atoms with Gasteiger partial charge in [-0.1, -0.05) is 31.4 Å². The van der Waals surface area contributed by atoms with Gasteiger partial charge in [0.25, 0.3) is 0 Å². The van der Waals surface area contributed by atoms with Crippen LogP contribution in [0, 0.1) is 12.7 Å². The molecule has 1 nitrogen and oxygen atoms in total. The fourth-order valence-corrected chi connectivity index (χ4v) is 1.86. The summed E-state index contributed by atoms with van der Waals surface area (Å²) in [5.74, 6) is -0.651. The Bertz CT molecular complexity index is 551. The molecule has 0 bridgehead atoms. The maximum absolute atomic E-state index is 14.0. The lowest BCUT2D eigenvalue weighted by molar-refractivity contribution is 0.103. The summed E-state index contributed by atoms with van der Waals surface area (Å²) < 4.78 is 14.0. The lowest BCUT2D eigenvalue weighted by Crippen LogP contribution is -2.08. The molecule has 1 aromatic rings. The van der Waals surface area contributed by atoms with Gasteiger partial charge in [-0.3, -0.25) is 4.79 Å². The highest BCUT2D eigenvalue weighted by Crippen LogP contribution is 2.26. The highest BCUT2D eigenvalue weighted by molar-refractivity contribution is 6.12. The van der Waals surface area contributed by atoms with Crippen molar-refractivity contribution in [1.29, 1.82) is 0 Å². The minimum Gasteiger partial charge on any atom is -0.289 e. The monoisotopic (exact) mass is 244 g/mol. The summed E-state index contributed by atoms with van der Waals surface area (Å²) in [5.41, 5.74) is 2.38. The number of Topliss-reactive ketones (excluding diaryl/α,β-unsaturated/α-hetero) is 1. The van der Waals surface area contributed by atoms with Crippen LogP contribution < -0.4 is 0 Å². The van der Waals surface area contributed by atoms with Gasteiger partial charge < -0.3 is 0 Å². The highest BCUT2D eigenvalue weighted by Gasteiger charge is 2.19. The average molecular weight is 244 g/mol. The Morgan fingerprint density at radius 2 is 2.00 bits per heavy atom. The van der Waals surface area contributed by atoms with E-state index in [1.54, 1.807) is 39.0 Å². The number of carbonyl (C=O) groups is 1. The summed E-state index contributed by atoms with van der Waals surface area (Å²) in [4.78, 5) is 12.2. The third-order valence-electron chi connectivity index (χ3n) is 2.72. The lowest BCUT2D eigenvalue weighted by atomic mass is 9.90. The molecule has 94 valence electrons. The summed E-state index contributed by atoms with van der Waals surface area (Å²) in [7, 11) is 0. The molecule has 0 spiro atoms. The van der Waals surface area contributed by atoms with E-state index in [9.17, 15) is 9.18 Å². The van der Waals surface area contributed by atoms with E-state index in [1.807, 2.05) is 0 Å². The van der Waals surface area contributed by atoms with Gasteiger partial charge in [-0.2, -0.15) is 0 Å². The van der Waals surface area contributed by atoms with Crippen molar-refractivity contribution in [2.75, 3.05) is 0 Å². The zero-order valence-corrected chi connectivity index (χ0v) is 11.0. The zero-order valence-electron chi connectivity index (χ0n) is 11.0. The maximum atomic E-state index is 14.0. The molecule has 0 aliphatic carbocycles. The minimum atomic E-state index is -0.402. The van der Waals surface area contributed by atoms with E-state index in [1.165, 1.54) is 6.07 Å². The van der Waals surface area contributed by atoms with E-state index in [0.29, 0.717) is 27.8 Å². The van der Waals surface area contributed by atoms with Crippen LogP contribution in [0.25, 0.3) is 12.2 Å². The number of hydrogen-bond acceptors (Lipinski definition) is 1. The smallest absolute Gasteiger partial charge is 0.189 e. The van der Waals surface area contributed by atoms with Crippen LogP contribution in [0.5, 0.6) is 0 Å². The first-order valence-electron chi connectivity index (χ1n) is 5.72. The summed E-state index contributed by atoms with van der Waals surface area (Å²) in [6, 6.07) is 1.42. The third-order valence-corrected chi connectivity index (χ3v) is 2.72. The van der Waals surface area contributed by atoms with Crippen LogP contribution in [0.1, 0.15) is 40.9 Å². The molecule has 18 heavy (non-hydrogen) atoms. The van der Waals surface area contributed by atoms with Crippen molar-refractivity contribution in [2.45, 2.75) is 20.8 Å². The van der Waals surface area contributed by atoms with Crippen molar-refractivity contribution in [2.24, 2.45) is 0 Å². The van der Waals surface area contributed by atoms with Crippen LogP contribution in [0.3, 0.4) is 0 Å². The molecule has 0 saturated heterocycles. The number of rotatable bonds is 4. The van der Waals surface area contributed by atoms with Gasteiger partial charge >= 0.3 is 0 Å². The largest absolute Gasteiger partial charge is 0.289 e. The number of aryl methyl sites for hydroxylation is 1. The van der Waals surface area contributed by atoms with Crippen molar-refractivity contribution in [1.82, 2.24) is 0 Å². The number of halogens is 1. The number of hydrogen-bond donors (Lipinski definition) is 0. The van der Waals surface area contributed by atoms with Crippen molar-refractivity contribution in [3.8, 4) is 0 Å². The van der Waals surface area contributed by atoms with E-state index in [2.05, 4.69) is 13.2 Å². The van der Waals surface area contributed by atoms with Crippen LogP contribution in [0.2, 0.25) is 0 Å². The molecule has 0 amide bonds. The van der Waals surface area contributed by atoms with Gasteiger partial charge in [-0.05, 0) is 43.5 Å². The van der Waals surface area contributed by atoms with Crippen molar-refractivity contribution >= 4 is 17.9 Å². The molecule has 0 aliphatic rings. The molecule has 1 rings (SSSR count). The van der Waals surface area contributed by atoms with Gasteiger partial charge in [0.05, 0.1) is 0 Å². The summed E-state index contributed by atoms with van der Waals surface area (Å²) in [6.07, 6.45) is 4.88. The summed E-state index contributed by atoms with van der Waals surface area (Å²) >= 11 is 0. The topological polar surface area (TPSA) is 17.1 Å². The number of carbonyl (C=O) groups excluding carboxylic acids is 1. The summed E-state index contributed by atoms with van der Waals surface area (Å²) in [5, 5.41) is 0. The molecule has 0 aliphatic heterocycles. The molecule has 0 N–H and O–H groups in total. The predicted molar refractivity (Wildman–Crippen MR) is 75.1 cm³/mol. The second-order valence-corrected chi connectivity index (χ2v) is 4.19. The molecule has 0 fully saturated rings. The fourth-order valence-electron chi connectivity index (χ4n) is 1.86. The first-order chi connectivity index (χ1) is 8.43. The summed E-state index contributed by atoms with van der Waals surface area (Å²) in [6.45, 7) is 12.5. The fraction of sp³-hybridized carbons (Fsp3) is 0.188. The van der Waals surface area contributed by atoms with Crippen LogP contribution in [0.15, 0.2) is 30.9 Å². The molecular formula is C16H17FO. The van der Waals surface area contributed by atoms with Gasteiger partial charge in [0.15, 0.2) is 5.78 Å². The van der Waals surface area contributed by atoms with E-state index in [-0.39, 0.29) is 5.78 Å². The second-order valence-electron chi connectivity index (χ2n) is 4.19. The molecule has 0 radical (unpaired) electrons. The highest BCUT2D eigenvalue weighted by atomic mass is 19.1. The van der Waals surface area contributed by atoms with E-state index < -0.39 is 5.82 Å². The molecule has 0 atom stereocenters. The number of ketones is 1. The molecule has 0 saturated carbocycles. The minimum absolute atomic E-state index is 0.249. The maximum Gasteiger partial charge on any atom is 0.189 e. The van der Waals surface area contributed by atoms with E-state index >= 15 is 0 Å². The first-order valence-corrected chi connectivity index (χ1v) is 5.72. The van der Waals surface area contributed by atoms with Gasteiger partial charge in [0, 0.05) is 11.1 Å². The molecule has 0 heterocycles. The third kappa shape index (κ3) is 2.48. The van der Waals surface area contributed by atoms with Gasteiger partial charge in [0.1, 0.15) is 5.82 Å². The van der Waals surface area contributed by atoms with Crippen LogP contribution in [-0.2, 0) is 0 Å². The average Bonchev–Trinajstić information content (AvgIpc) is 2.31. The van der Waals surface area contributed by atoms with Gasteiger partial charge in [-0.25, -0.2) is 4.39 Å². The Hall–Kier alpha value is -1.96. The number of benzene rings is 1. The Labute approximate surface area is 107 Å². The first kappa shape index (κ1) is 14.1. The Balaban J connectivity index is 3.75. The van der Waals surface area contributed by atoms with Gasteiger partial charge in [-0.15, -0.1) is 0 Å². The van der Waals surface area contributed by atoms with E-state index in [4.69, 9.17) is 0 Å². The van der Waals surface area contributed by atoms with Crippen molar-refractivity contribution in [3.05, 3.63) is 58.9 Å². The Kier molecular flexibility index (Phi) is 4.38. The van der Waals surface area contributed by atoms with Crippen LogP contribution in [0.4, 0.5) is 4.39 Å². The standard InChI is InChI=1S/C16H17FO/c1-6-8-13-14(17)9-11(5)12(7-2)15(13)16(18)10(3)4/h6-9H,2-3H2,1,4-5H3. The van der Waals surface area contributed by atoms with Gasteiger partial charge in [0.2, 0.25) is 0 Å². The van der Waals surface area contributed by atoms with Crippen LogP contribution in [-0.4, -0.2) is 5.78 Å². The van der Waals surface area contributed by atoms with Crippen LogP contribution >= 0.6 is 0 Å². The SMILES string of the molecule is C=Cc1c(C)cc(F)c(C=CC)c1C(=O)C(=C)C. The zero-order chi connectivity index (χ0) is 13.9. The second kappa shape index (κ2) is 5.58. The Morgan fingerprint density at radius 1 is 1.39 bits per heavy atom. The normalized spacial score (nSPS) is 10.7. The Morgan fingerprint density at radius 3 is 2.44 bits per heavy atom. The van der Waals surface area contributed by atoms with Crippen molar-refractivity contribution < 1.29 is 9.18 Å². The molecular weight excluding hydrogens is 227 g/mol.